The van der Waals surface area contributed by atoms with Crippen molar-refractivity contribution in [1.82, 2.24) is 10.2 Å². The van der Waals surface area contributed by atoms with Crippen molar-refractivity contribution in [2.75, 3.05) is 7.11 Å². The Labute approximate surface area is 104 Å². The van der Waals surface area contributed by atoms with Crippen LogP contribution in [0.3, 0.4) is 0 Å². The van der Waals surface area contributed by atoms with E-state index in [1.54, 1.807) is 20.2 Å². The molecule has 0 fully saturated rings. The molecule has 94 valence electrons. The summed E-state index contributed by atoms with van der Waals surface area (Å²) in [5.41, 5.74) is 2.23. The maximum atomic E-state index is 11.0. The summed E-state index contributed by atoms with van der Waals surface area (Å²) in [5.74, 6) is -0.762. The molecular weight excluding hydrogens is 232 g/mol. The lowest BCUT2D eigenvalue weighted by atomic mass is 9.98. The monoisotopic (exact) mass is 246 g/mol. The van der Waals surface area contributed by atoms with Crippen LogP contribution in [0.4, 0.5) is 0 Å². The Kier molecular flexibility index (Phi) is 3.32. The maximum Gasteiger partial charge on any atom is 0.310 e. The number of carboxylic acids is 1. The van der Waals surface area contributed by atoms with Gasteiger partial charge in [0.1, 0.15) is 5.75 Å². The van der Waals surface area contributed by atoms with Crippen molar-refractivity contribution in [1.29, 1.82) is 0 Å². The number of carbonyl (C=O) groups is 1. The third kappa shape index (κ3) is 2.20. The third-order valence-corrected chi connectivity index (χ3v) is 2.86. The summed E-state index contributed by atoms with van der Waals surface area (Å²) in [6.07, 6.45) is 1.55. The topological polar surface area (TPSA) is 75.2 Å². The molecule has 18 heavy (non-hydrogen) atoms. The van der Waals surface area contributed by atoms with Gasteiger partial charge < -0.3 is 9.84 Å². The van der Waals surface area contributed by atoms with Crippen LogP contribution in [0, 0.1) is 0 Å². The van der Waals surface area contributed by atoms with Gasteiger partial charge in [-0.2, -0.15) is 5.10 Å². The predicted octanol–water partition coefficient (Wildman–Crippen LogP) is 2.27. The highest BCUT2D eigenvalue weighted by Crippen LogP contribution is 2.29. The van der Waals surface area contributed by atoms with E-state index in [0.717, 1.165) is 11.3 Å². The van der Waals surface area contributed by atoms with E-state index in [2.05, 4.69) is 10.2 Å². The fourth-order valence-electron chi connectivity index (χ4n) is 1.77. The van der Waals surface area contributed by atoms with Crippen LogP contribution in [0.15, 0.2) is 30.5 Å². The molecule has 2 N–H and O–H groups in total. The number of carboxylic acid groups (broad SMARTS) is 1. The molecular formula is C13H14N2O3. The number of methoxy groups -OCH3 is 1. The highest BCUT2D eigenvalue weighted by Gasteiger charge is 2.20. The number of nitrogens with one attached hydrogen (secondary N) is 1. The lowest BCUT2D eigenvalue weighted by molar-refractivity contribution is -0.138. The zero-order valence-corrected chi connectivity index (χ0v) is 10.2. The van der Waals surface area contributed by atoms with Gasteiger partial charge in [0, 0.05) is 11.1 Å². The molecule has 5 nitrogen and oxygen atoms in total. The van der Waals surface area contributed by atoms with Gasteiger partial charge in [-0.25, -0.2) is 0 Å². The van der Waals surface area contributed by atoms with Crippen LogP contribution in [0.5, 0.6) is 5.75 Å². The van der Waals surface area contributed by atoms with Gasteiger partial charge in [-0.05, 0) is 19.1 Å². The van der Waals surface area contributed by atoms with Gasteiger partial charge in [-0.1, -0.05) is 12.1 Å². The fraction of sp³-hybridized carbons (Fsp3) is 0.231. The SMILES string of the molecule is COc1cccc(-c2[nH]ncc2C(C)C(=O)O)c1. The lowest BCUT2D eigenvalue weighted by Crippen LogP contribution is -2.07. The number of benzene rings is 1. The first-order valence-corrected chi connectivity index (χ1v) is 5.54. The molecule has 1 aromatic heterocycles. The number of aliphatic carboxylic acids is 1. The molecule has 2 rings (SSSR count). The Morgan fingerprint density at radius 3 is 2.94 bits per heavy atom. The smallest absolute Gasteiger partial charge is 0.310 e. The number of ether oxygens (including phenoxy) is 1. The van der Waals surface area contributed by atoms with Crippen molar-refractivity contribution in [3.8, 4) is 17.0 Å². The largest absolute Gasteiger partial charge is 0.497 e. The van der Waals surface area contributed by atoms with Gasteiger partial charge in [-0.15, -0.1) is 0 Å². The van der Waals surface area contributed by atoms with Gasteiger partial charge in [0.05, 0.1) is 24.9 Å². The molecule has 1 atom stereocenters. The van der Waals surface area contributed by atoms with E-state index in [9.17, 15) is 4.79 Å². The Morgan fingerprint density at radius 1 is 1.50 bits per heavy atom. The Bertz CT molecular complexity index is 563. The number of aromatic amines is 1. The van der Waals surface area contributed by atoms with E-state index < -0.39 is 11.9 Å². The third-order valence-electron chi connectivity index (χ3n) is 2.86. The molecule has 0 bridgehead atoms. The summed E-state index contributed by atoms with van der Waals surface area (Å²) in [6.45, 7) is 1.64. The highest BCUT2D eigenvalue weighted by atomic mass is 16.5. The summed E-state index contributed by atoms with van der Waals surface area (Å²) in [7, 11) is 1.59. The van der Waals surface area contributed by atoms with Crippen molar-refractivity contribution in [2.24, 2.45) is 0 Å². The molecule has 0 amide bonds. The van der Waals surface area contributed by atoms with Crippen LogP contribution in [-0.4, -0.2) is 28.4 Å². The van der Waals surface area contributed by atoms with Gasteiger partial charge in [0.25, 0.3) is 0 Å². The predicted molar refractivity (Wildman–Crippen MR) is 66.6 cm³/mol. The maximum absolute atomic E-state index is 11.0. The molecule has 0 aliphatic heterocycles. The van der Waals surface area contributed by atoms with Crippen molar-refractivity contribution >= 4 is 5.97 Å². The minimum Gasteiger partial charge on any atom is -0.497 e. The molecule has 5 heteroatoms. The summed E-state index contributed by atoms with van der Waals surface area (Å²) >= 11 is 0. The molecule has 2 aromatic rings. The van der Waals surface area contributed by atoms with Crippen LogP contribution in [0.25, 0.3) is 11.3 Å². The standard InChI is InChI=1S/C13H14N2O3/c1-8(13(16)17)11-7-14-15-12(11)9-4-3-5-10(6-9)18-2/h3-8H,1-2H3,(H,14,15)(H,16,17). The van der Waals surface area contributed by atoms with Crippen LogP contribution >= 0.6 is 0 Å². The molecule has 0 aliphatic carbocycles. The molecule has 1 heterocycles. The zero-order valence-electron chi connectivity index (χ0n) is 10.2. The van der Waals surface area contributed by atoms with Crippen LogP contribution < -0.4 is 4.74 Å². The van der Waals surface area contributed by atoms with Crippen molar-refractivity contribution in [3.05, 3.63) is 36.0 Å². The van der Waals surface area contributed by atoms with Gasteiger partial charge in [0.2, 0.25) is 0 Å². The summed E-state index contributed by atoms with van der Waals surface area (Å²) in [5, 5.41) is 15.8. The summed E-state index contributed by atoms with van der Waals surface area (Å²) < 4.78 is 5.15. The Morgan fingerprint density at radius 2 is 2.28 bits per heavy atom. The van der Waals surface area contributed by atoms with Gasteiger partial charge in [-0.3, -0.25) is 9.89 Å². The van der Waals surface area contributed by atoms with Gasteiger partial charge >= 0.3 is 5.97 Å². The summed E-state index contributed by atoms with van der Waals surface area (Å²) in [4.78, 5) is 11.0. The summed E-state index contributed by atoms with van der Waals surface area (Å²) in [6, 6.07) is 7.41. The zero-order chi connectivity index (χ0) is 13.1. The van der Waals surface area contributed by atoms with Crippen molar-refractivity contribution in [2.45, 2.75) is 12.8 Å². The molecule has 1 aromatic carbocycles. The van der Waals surface area contributed by atoms with Crippen LogP contribution in [-0.2, 0) is 4.79 Å². The minimum atomic E-state index is -0.874. The fourth-order valence-corrected chi connectivity index (χ4v) is 1.77. The highest BCUT2D eigenvalue weighted by molar-refractivity contribution is 5.79. The number of hydrogen-bond donors (Lipinski definition) is 2. The number of aromatic nitrogens is 2. The van der Waals surface area contributed by atoms with Crippen LogP contribution in [0.2, 0.25) is 0 Å². The first-order valence-electron chi connectivity index (χ1n) is 5.54. The second kappa shape index (κ2) is 4.91. The van der Waals surface area contributed by atoms with E-state index in [4.69, 9.17) is 9.84 Å². The molecule has 0 spiro atoms. The minimum absolute atomic E-state index is 0.607. The lowest BCUT2D eigenvalue weighted by Gasteiger charge is -2.08. The molecule has 0 aliphatic rings. The Balaban J connectivity index is 2.45. The Hall–Kier alpha value is -2.30. The van der Waals surface area contributed by atoms with Crippen molar-refractivity contribution < 1.29 is 14.6 Å². The first-order chi connectivity index (χ1) is 8.63. The number of H-pyrrole nitrogens is 1. The van der Waals surface area contributed by atoms with Gasteiger partial charge in [0.15, 0.2) is 0 Å². The molecule has 0 saturated heterocycles. The molecule has 0 radical (unpaired) electrons. The van der Waals surface area contributed by atoms with Crippen LogP contribution in [0.1, 0.15) is 18.4 Å². The average molecular weight is 246 g/mol. The van der Waals surface area contributed by atoms with Crippen molar-refractivity contribution in [3.63, 3.8) is 0 Å². The molecule has 1 unspecified atom stereocenters. The second-order valence-corrected chi connectivity index (χ2v) is 3.99. The van der Waals surface area contributed by atoms with E-state index in [1.807, 2.05) is 24.3 Å². The first kappa shape index (κ1) is 12.2. The normalized spacial score (nSPS) is 12.1. The van der Waals surface area contributed by atoms with E-state index in [-0.39, 0.29) is 0 Å². The number of rotatable bonds is 4. The number of hydrogen-bond acceptors (Lipinski definition) is 3. The quantitative estimate of drug-likeness (QED) is 0.867. The van der Waals surface area contributed by atoms with E-state index in [1.165, 1.54) is 0 Å². The second-order valence-electron chi connectivity index (χ2n) is 3.99. The number of nitrogens with zero attached hydrogens (tertiary/aromatic N) is 1. The molecule has 0 saturated carbocycles. The van der Waals surface area contributed by atoms with E-state index >= 15 is 0 Å². The van der Waals surface area contributed by atoms with E-state index in [0.29, 0.717) is 11.3 Å². The average Bonchev–Trinajstić information content (AvgIpc) is 2.86.